The van der Waals surface area contributed by atoms with Crippen LogP contribution in [0.4, 0.5) is 0 Å². The van der Waals surface area contributed by atoms with Gasteiger partial charge < -0.3 is 28.8 Å². The Bertz CT molecular complexity index is 1520. The van der Waals surface area contributed by atoms with Crippen LogP contribution in [-0.4, -0.2) is 62.5 Å². The van der Waals surface area contributed by atoms with E-state index in [2.05, 4.69) is 4.98 Å². The molecule has 1 saturated carbocycles. The number of nitrogens with zero attached hydrogens (tertiary/aromatic N) is 1. The van der Waals surface area contributed by atoms with Crippen molar-refractivity contribution >= 4 is 28.6 Å². The standard InChI is InChI=1S/C27H24N2O7/c1-33-19-9-13-8-17(28-22(13)24(35-3)23(19)34-2)25(31)29-12-14-11-27(14)16-7-5-6-15(26(32)36-4)21(16)18(30)10-20(27)29/h5-10,14,28H,11-12H2,1-4H3/t14-,27-/m1/s1. The topological polar surface area (TPSA) is 107 Å². The quantitative estimate of drug-likeness (QED) is 0.548. The first kappa shape index (κ1) is 22.2. The first-order valence-electron chi connectivity index (χ1n) is 11.5. The summed E-state index contributed by atoms with van der Waals surface area (Å²) in [5.74, 6) is 0.422. The fraction of sp³-hybridized carbons (Fsp3) is 0.296. The number of aromatic nitrogens is 1. The summed E-state index contributed by atoms with van der Waals surface area (Å²) in [5, 5.41) is 0.730. The molecule has 0 radical (unpaired) electrons. The predicted octanol–water partition coefficient (Wildman–Crippen LogP) is 3.47. The van der Waals surface area contributed by atoms with Crippen molar-refractivity contribution in [2.24, 2.45) is 5.92 Å². The van der Waals surface area contributed by atoms with Gasteiger partial charge in [-0.25, -0.2) is 4.79 Å². The summed E-state index contributed by atoms with van der Waals surface area (Å²) in [5.41, 5.74) is 2.62. The van der Waals surface area contributed by atoms with Gasteiger partial charge in [-0.3, -0.25) is 9.59 Å². The molecule has 1 N–H and O–H groups in total. The summed E-state index contributed by atoms with van der Waals surface area (Å²) in [6.07, 6.45) is 2.33. The Balaban J connectivity index is 1.42. The van der Waals surface area contributed by atoms with E-state index >= 15 is 0 Å². The first-order valence-corrected chi connectivity index (χ1v) is 11.5. The van der Waals surface area contributed by atoms with E-state index in [-0.39, 0.29) is 23.2 Å². The van der Waals surface area contributed by atoms with E-state index in [0.717, 1.165) is 17.4 Å². The van der Waals surface area contributed by atoms with Crippen molar-refractivity contribution in [1.29, 1.82) is 0 Å². The Morgan fingerprint density at radius 1 is 1.06 bits per heavy atom. The van der Waals surface area contributed by atoms with Crippen molar-refractivity contribution in [3.63, 3.8) is 0 Å². The maximum Gasteiger partial charge on any atom is 0.338 e. The highest BCUT2D eigenvalue weighted by Gasteiger charge is 2.67. The number of allylic oxidation sites excluding steroid dienone is 2. The molecule has 2 fully saturated rings. The number of benzene rings is 2. The maximum atomic E-state index is 13.7. The summed E-state index contributed by atoms with van der Waals surface area (Å²) in [7, 11) is 5.88. The van der Waals surface area contributed by atoms with Gasteiger partial charge in [-0.05, 0) is 36.1 Å². The largest absolute Gasteiger partial charge is 0.493 e. The number of H-pyrrole nitrogens is 1. The monoisotopic (exact) mass is 488 g/mol. The van der Waals surface area contributed by atoms with Crippen LogP contribution in [0.2, 0.25) is 0 Å². The molecular weight excluding hydrogens is 464 g/mol. The van der Waals surface area contributed by atoms with Gasteiger partial charge in [0.15, 0.2) is 17.3 Å². The zero-order chi connectivity index (χ0) is 25.4. The van der Waals surface area contributed by atoms with Crippen LogP contribution in [0.1, 0.15) is 43.2 Å². The number of methoxy groups -OCH3 is 4. The number of carbonyl (C=O) groups excluding carboxylic acids is 3. The number of esters is 1. The van der Waals surface area contributed by atoms with Crippen molar-refractivity contribution in [2.75, 3.05) is 35.0 Å². The van der Waals surface area contributed by atoms with Crippen LogP contribution in [0.3, 0.4) is 0 Å². The molecule has 9 heteroatoms. The lowest BCUT2D eigenvalue weighted by Gasteiger charge is -2.29. The summed E-state index contributed by atoms with van der Waals surface area (Å²) in [6, 6.07) is 8.77. The zero-order valence-electron chi connectivity index (χ0n) is 20.3. The van der Waals surface area contributed by atoms with Crippen LogP contribution >= 0.6 is 0 Å². The van der Waals surface area contributed by atoms with Crippen molar-refractivity contribution in [2.45, 2.75) is 11.8 Å². The molecule has 36 heavy (non-hydrogen) atoms. The Morgan fingerprint density at radius 3 is 2.53 bits per heavy atom. The molecule has 184 valence electrons. The van der Waals surface area contributed by atoms with Crippen LogP contribution < -0.4 is 14.2 Å². The van der Waals surface area contributed by atoms with Gasteiger partial charge in [0, 0.05) is 34.7 Å². The normalized spacial score (nSPS) is 21.3. The molecule has 2 aliphatic carbocycles. The lowest BCUT2D eigenvalue weighted by Crippen LogP contribution is -2.34. The number of ether oxygens (including phenoxy) is 4. The van der Waals surface area contributed by atoms with Gasteiger partial charge >= 0.3 is 5.97 Å². The average molecular weight is 488 g/mol. The number of nitrogens with one attached hydrogen (secondary N) is 1. The molecule has 1 aliphatic heterocycles. The molecule has 1 amide bonds. The predicted molar refractivity (Wildman–Crippen MR) is 129 cm³/mol. The minimum atomic E-state index is -0.547. The molecule has 2 atom stereocenters. The van der Waals surface area contributed by atoms with E-state index in [4.69, 9.17) is 18.9 Å². The summed E-state index contributed by atoms with van der Waals surface area (Å²) < 4.78 is 21.3. The van der Waals surface area contributed by atoms with Crippen molar-refractivity contribution in [1.82, 2.24) is 9.88 Å². The molecule has 0 bridgehead atoms. The van der Waals surface area contributed by atoms with E-state index in [0.29, 0.717) is 46.3 Å². The highest BCUT2D eigenvalue weighted by molar-refractivity contribution is 6.15. The lowest BCUT2D eigenvalue weighted by atomic mass is 9.79. The number of ketones is 1. The number of likely N-dealkylation sites (tertiary alicyclic amines) is 1. The summed E-state index contributed by atoms with van der Waals surface area (Å²) in [4.78, 5) is 44.2. The third-order valence-electron chi connectivity index (χ3n) is 7.62. The van der Waals surface area contributed by atoms with E-state index < -0.39 is 11.4 Å². The average Bonchev–Trinajstić information content (AvgIpc) is 3.29. The van der Waals surface area contributed by atoms with Gasteiger partial charge in [0.2, 0.25) is 5.75 Å². The zero-order valence-corrected chi connectivity index (χ0v) is 20.3. The maximum absolute atomic E-state index is 13.7. The van der Waals surface area contributed by atoms with Crippen molar-refractivity contribution in [3.05, 3.63) is 64.5 Å². The minimum absolute atomic E-state index is 0.173. The molecule has 1 aromatic heterocycles. The molecule has 0 unspecified atom stereocenters. The number of carbonyl (C=O) groups is 3. The van der Waals surface area contributed by atoms with E-state index in [9.17, 15) is 14.4 Å². The molecule has 3 aliphatic rings. The number of hydrogen-bond acceptors (Lipinski definition) is 7. The minimum Gasteiger partial charge on any atom is -0.493 e. The van der Waals surface area contributed by atoms with Gasteiger partial charge in [0.25, 0.3) is 5.91 Å². The van der Waals surface area contributed by atoms with Gasteiger partial charge in [-0.15, -0.1) is 0 Å². The SMILES string of the molecule is COC(=O)c1cccc2c1C(=O)C=C1N(C(=O)c3cc4cc(OC)c(OC)c(OC)c4[nH]3)C[C@H]3C[C@]123. The molecule has 9 nitrogen and oxygen atoms in total. The number of aromatic amines is 1. The Labute approximate surface area is 206 Å². The summed E-state index contributed by atoms with van der Waals surface area (Å²) in [6.45, 7) is 0.485. The Morgan fingerprint density at radius 2 is 1.83 bits per heavy atom. The second-order valence-corrected chi connectivity index (χ2v) is 9.19. The molecule has 3 aromatic rings. The number of rotatable bonds is 5. The van der Waals surface area contributed by atoms with Crippen molar-refractivity contribution < 1.29 is 33.3 Å². The summed E-state index contributed by atoms with van der Waals surface area (Å²) >= 11 is 0. The van der Waals surface area contributed by atoms with Crippen molar-refractivity contribution in [3.8, 4) is 17.2 Å². The van der Waals surface area contributed by atoms with Crippen LogP contribution in [0, 0.1) is 5.92 Å². The smallest absolute Gasteiger partial charge is 0.338 e. The lowest BCUT2D eigenvalue weighted by molar-refractivity contribution is 0.0596. The fourth-order valence-electron chi connectivity index (χ4n) is 5.96. The van der Waals surface area contributed by atoms with E-state index in [1.165, 1.54) is 34.5 Å². The fourth-order valence-corrected chi connectivity index (χ4v) is 5.96. The number of fused-ring (bicyclic) bond motifs is 2. The number of piperidine rings is 1. The van der Waals surface area contributed by atoms with Gasteiger partial charge in [0.1, 0.15) is 5.69 Å². The third-order valence-corrected chi connectivity index (χ3v) is 7.62. The number of hydrogen-bond donors (Lipinski definition) is 1. The van der Waals surface area contributed by atoms with Gasteiger partial charge in [-0.2, -0.15) is 0 Å². The van der Waals surface area contributed by atoms with Crippen LogP contribution in [0.15, 0.2) is 42.1 Å². The highest BCUT2D eigenvalue weighted by Crippen LogP contribution is 2.67. The second kappa shape index (κ2) is 7.61. The Kier molecular flexibility index (Phi) is 4.70. The van der Waals surface area contributed by atoms with Crippen LogP contribution in [-0.2, 0) is 10.2 Å². The van der Waals surface area contributed by atoms with Gasteiger partial charge in [-0.1, -0.05) is 12.1 Å². The van der Waals surface area contributed by atoms with Crippen LogP contribution in [0.25, 0.3) is 10.9 Å². The Hall–Kier alpha value is -4.27. The van der Waals surface area contributed by atoms with E-state index in [1.54, 1.807) is 29.2 Å². The van der Waals surface area contributed by atoms with Crippen LogP contribution in [0.5, 0.6) is 17.2 Å². The molecular formula is C27H24N2O7. The van der Waals surface area contributed by atoms with E-state index in [1.807, 2.05) is 6.07 Å². The molecule has 2 aromatic carbocycles. The molecule has 1 saturated heterocycles. The molecule has 1 spiro atoms. The third kappa shape index (κ3) is 2.73. The number of amides is 1. The second-order valence-electron chi connectivity index (χ2n) is 9.19. The molecule has 2 heterocycles. The molecule has 6 rings (SSSR count). The first-order chi connectivity index (χ1) is 17.4. The highest BCUT2D eigenvalue weighted by atomic mass is 16.5. The van der Waals surface area contributed by atoms with Gasteiger partial charge in [0.05, 0.1) is 39.5 Å².